The van der Waals surface area contributed by atoms with Crippen LogP contribution in [-0.4, -0.2) is 138 Å². The number of anilines is 3. The zero-order valence-electron chi connectivity index (χ0n) is 45.3. The fourth-order valence-electron chi connectivity index (χ4n) is 9.54. The number of hydrogen-bond donors (Lipinski definition) is 6. The quantitative estimate of drug-likeness (QED) is 0.0162. The highest BCUT2D eigenvalue weighted by molar-refractivity contribution is 7.86. The topological polar surface area (TPSA) is 264 Å². The first-order valence-electron chi connectivity index (χ1n) is 26.4. The number of aromatic carboxylic acids is 1. The molecule has 2 aliphatic carbocycles. The Morgan fingerprint density at radius 2 is 1.37 bits per heavy atom. The molecule has 9 rings (SSSR count). The number of carboxylic acid groups (broad SMARTS) is 1. The second-order valence-corrected chi connectivity index (χ2v) is 21.1. The van der Waals surface area contributed by atoms with Crippen molar-refractivity contribution >= 4 is 73.5 Å². The van der Waals surface area contributed by atoms with Crippen LogP contribution in [0.5, 0.6) is 0 Å². The zero-order valence-corrected chi connectivity index (χ0v) is 46.1. The van der Waals surface area contributed by atoms with Crippen LogP contribution in [0, 0.1) is 0 Å². The molecule has 4 aromatic carbocycles. The maximum Gasteiger partial charge on any atom is 0.336 e. The van der Waals surface area contributed by atoms with Crippen molar-refractivity contribution in [2.24, 2.45) is 0 Å². The fraction of sp³-hybridized carbons (Fsp3) is 0.310. The summed E-state index contributed by atoms with van der Waals surface area (Å²) in [6, 6.07) is 28.2. The smallest absolute Gasteiger partial charge is 0.336 e. The summed E-state index contributed by atoms with van der Waals surface area (Å²) in [4.78, 5) is 67.3. The zero-order chi connectivity index (χ0) is 57.2. The Morgan fingerprint density at radius 3 is 2.01 bits per heavy atom. The molecular formula is C58H63FN11O10S+. The van der Waals surface area contributed by atoms with E-state index in [-0.39, 0.29) is 81.2 Å². The van der Waals surface area contributed by atoms with Gasteiger partial charge in [0.05, 0.1) is 49.3 Å². The molecule has 0 unspecified atom stereocenters. The number of aromatic nitrogens is 4. The average Bonchev–Trinajstić information content (AvgIpc) is 3.91. The number of nitrogens with zero attached hydrogens (tertiary/aromatic N) is 6. The molecule has 2 aromatic heterocycles. The number of carboxylic acids is 1. The van der Waals surface area contributed by atoms with Gasteiger partial charge in [0.1, 0.15) is 25.4 Å². The highest BCUT2D eigenvalue weighted by atomic mass is 32.3. The summed E-state index contributed by atoms with van der Waals surface area (Å²) in [7, 11) is 2.86. The Hall–Kier alpha value is -8.80. The lowest BCUT2D eigenvalue weighted by Crippen LogP contribution is -2.29. The molecule has 3 heterocycles. The van der Waals surface area contributed by atoms with Crippen molar-refractivity contribution in [1.29, 1.82) is 0 Å². The van der Waals surface area contributed by atoms with Gasteiger partial charge in [-0.05, 0) is 90.7 Å². The van der Waals surface area contributed by atoms with E-state index in [1.807, 2.05) is 86.2 Å². The molecule has 1 saturated carbocycles. The maximum absolute atomic E-state index is 13.3. The molecule has 3 amide bonds. The Balaban J connectivity index is 0.706. The van der Waals surface area contributed by atoms with Crippen molar-refractivity contribution in [3.8, 4) is 22.5 Å². The number of rotatable bonds is 24. The number of imidazole rings is 1. The van der Waals surface area contributed by atoms with E-state index in [0.29, 0.717) is 57.5 Å². The van der Waals surface area contributed by atoms with E-state index in [1.54, 1.807) is 30.6 Å². The number of halogens is 1. The van der Waals surface area contributed by atoms with Gasteiger partial charge in [0.2, 0.25) is 11.3 Å². The van der Waals surface area contributed by atoms with Crippen LogP contribution in [0.2, 0.25) is 0 Å². The fourth-order valence-corrected chi connectivity index (χ4v) is 10.0. The molecule has 0 saturated heterocycles. The van der Waals surface area contributed by atoms with Gasteiger partial charge in [0.15, 0.2) is 17.0 Å². The Bertz CT molecular complexity index is 3770. The van der Waals surface area contributed by atoms with E-state index in [0.717, 1.165) is 65.4 Å². The maximum atomic E-state index is 13.3. The SMILES string of the molecule is CN(C)c1ccc2c(-c3ccc(C(=O)NCCOCCOCCNC(=O)c4ccc(CNc5nc(NCCNC(=O)c6ccc(S(=O)(=O)F)cc6)nc6c5ncn6C5CCCC5)cc4)cc3C(=O)O)c3ccc(=[N+](C)C)cc-3oc2c1. The minimum Gasteiger partial charge on any atom is -0.478 e. The van der Waals surface area contributed by atoms with Crippen molar-refractivity contribution in [2.75, 3.05) is 96.3 Å². The van der Waals surface area contributed by atoms with Crippen molar-refractivity contribution in [3.63, 3.8) is 0 Å². The monoisotopic (exact) mass is 1120 g/mol. The number of fused-ring (bicyclic) bond motifs is 3. The van der Waals surface area contributed by atoms with E-state index in [1.165, 1.54) is 18.2 Å². The molecule has 6 aromatic rings. The van der Waals surface area contributed by atoms with Crippen LogP contribution in [0.15, 0.2) is 119 Å². The minimum absolute atomic E-state index is 0.0267. The lowest BCUT2D eigenvalue weighted by molar-refractivity contribution is 0.0486. The van der Waals surface area contributed by atoms with Gasteiger partial charge in [0, 0.05) is 104 Å². The summed E-state index contributed by atoms with van der Waals surface area (Å²) in [5, 5.41) is 27.1. The van der Waals surface area contributed by atoms with Crippen LogP contribution in [0.3, 0.4) is 0 Å². The van der Waals surface area contributed by atoms with E-state index in [2.05, 4.69) is 36.1 Å². The second-order valence-electron chi connectivity index (χ2n) is 19.8. The van der Waals surface area contributed by atoms with Gasteiger partial charge < -0.3 is 55.0 Å². The van der Waals surface area contributed by atoms with E-state index < -0.39 is 32.9 Å². The predicted octanol–water partition coefficient (Wildman–Crippen LogP) is 6.56. The van der Waals surface area contributed by atoms with Crippen molar-refractivity contribution in [2.45, 2.75) is 43.2 Å². The van der Waals surface area contributed by atoms with E-state index in [9.17, 15) is 36.6 Å². The number of hydrogen-bond acceptors (Lipinski definition) is 15. The molecule has 21 nitrogen and oxygen atoms in total. The third-order valence-corrected chi connectivity index (χ3v) is 14.7. The van der Waals surface area contributed by atoms with Crippen molar-refractivity contribution in [3.05, 3.63) is 143 Å². The first-order chi connectivity index (χ1) is 39.0. The van der Waals surface area contributed by atoms with Crippen molar-refractivity contribution in [1.82, 2.24) is 40.0 Å². The summed E-state index contributed by atoms with van der Waals surface area (Å²) in [5.41, 5.74) is 6.35. The van der Waals surface area contributed by atoms with Crippen LogP contribution in [-0.2, 0) is 26.2 Å². The molecule has 23 heteroatoms. The largest absolute Gasteiger partial charge is 0.478 e. The average molecular weight is 1130 g/mol. The highest BCUT2D eigenvalue weighted by Gasteiger charge is 2.25. The summed E-state index contributed by atoms with van der Waals surface area (Å²) >= 11 is 0. The van der Waals surface area contributed by atoms with Gasteiger partial charge in [-0.25, -0.2) is 14.4 Å². The lowest BCUT2D eigenvalue weighted by Gasteiger charge is -2.19. The number of carbonyl (C=O) groups excluding carboxylic acids is 3. The van der Waals surface area contributed by atoms with Crippen LogP contribution < -0.4 is 41.4 Å². The third kappa shape index (κ3) is 13.8. The van der Waals surface area contributed by atoms with Gasteiger partial charge in [-0.2, -0.15) is 18.4 Å². The number of ether oxygens (including phenoxy) is 2. The Kier molecular flexibility index (Phi) is 17.9. The summed E-state index contributed by atoms with van der Waals surface area (Å²) in [6.07, 6.45) is 6.05. The van der Waals surface area contributed by atoms with Crippen molar-refractivity contribution < 1.29 is 50.5 Å². The molecule has 6 N–H and O–H groups in total. The predicted molar refractivity (Wildman–Crippen MR) is 305 cm³/mol. The molecule has 1 fully saturated rings. The molecule has 1 aliphatic heterocycles. The standard InChI is InChI=1S/C58H62FN11O10S/c1-68(2)41-16-21-45-48(32-41)80-49-33-42(69(3)4)17-22-46(49)50(45)44-20-15-39(31-47(44)57(74)75)56(73)62-26-28-79-30-29-78-27-25-61-55(72)37-11-9-36(10-12-37)34-64-52-51-53(70(35-65-51)40-7-5-6-8-40)67-58(66-52)63-24-23-60-54(71)38-13-18-43(19-14-38)81(59,76)77/h9-22,31-33,35,40H,5-8,23-30,34H2,1-4H3,(H5-,60,61,62,63,64,66,67,71,72,73,74,75)/p+1. The van der Waals surface area contributed by atoms with Crippen LogP contribution in [0.4, 0.5) is 21.3 Å². The summed E-state index contributed by atoms with van der Waals surface area (Å²) < 4.78 is 57.3. The molecule has 0 bridgehead atoms. The van der Waals surface area contributed by atoms with Gasteiger partial charge in [-0.15, -0.1) is 3.89 Å². The molecular weight excluding hydrogens is 1060 g/mol. The Labute approximate surface area is 466 Å². The second kappa shape index (κ2) is 25.5. The molecule has 0 atom stereocenters. The minimum atomic E-state index is -4.88. The van der Waals surface area contributed by atoms with Crippen LogP contribution >= 0.6 is 0 Å². The van der Waals surface area contributed by atoms with E-state index >= 15 is 0 Å². The Morgan fingerprint density at radius 1 is 0.741 bits per heavy atom. The third-order valence-electron chi connectivity index (χ3n) is 13.8. The van der Waals surface area contributed by atoms with Gasteiger partial charge >= 0.3 is 16.2 Å². The number of benzene rings is 5. The molecule has 81 heavy (non-hydrogen) atoms. The van der Waals surface area contributed by atoms with Crippen LogP contribution in [0.25, 0.3) is 44.6 Å². The molecule has 422 valence electrons. The first-order valence-corrected chi connectivity index (χ1v) is 27.8. The summed E-state index contributed by atoms with van der Waals surface area (Å²) in [6.45, 7) is 2.19. The number of nitrogens with one attached hydrogen (secondary N) is 5. The molecule has 3 aliphatic rings. The number of carbonyl (C=O) groups is 4. The normalized spacial score (nSPS) is 12.7. The highest BCUT2D eigenvalue weighted by Crippen LogP contribution is 2.42. The lowest BCUT2D eigenvalue weighted by atomic mass is 9.89. The van der Waals surface area contributed by atoms with Gasteiger partial charge in [-0.3, -0.25) is 14.4 Å². The number of amides is 3. The molecule has 0 spiro atoms. The summed E-state index contributed by atoms with van der Waals surface area (Å²) in [5.74, 6) is -0.933. The van der Waals surface area contributed by atoms with Gasteiger partial charge in [0.25, 0.3) is 17.7 Å². The molecule has 0 radical (unpaired) electrons. The van der Waals surface area contributed by atoms with Crippen LogP contribution in [0.1, 0.15) is 78.7 Å². The van der Waals surface area contributed by atoms with E-state index in [4.69, 9.17) is 23.9 Å². The van der Waals surface area contributed by atoms with Gasteiger partial charge in [-0.1, -0.05) is 31.0 Å². The first kappa shape index (κ1) is 56.9.